The summed E-state index contributed by atoms with van der Waals surface area (Å²) in [6, 6.07) is 24.0. The van der Waals surface area contributed by atoms with Crippen LogP contribution in [-0.4, -0.2) is 22.8 Å². The SMILES string of the molecule is CCCC(=O)N(Cc1ccccc1)[C@@H](Cc1ccccc1)C(=O)NCc1ccc(Cl)cc1Cl. The zero-order valence-electron chi connectivity index (χ0n) is 18.6. The molecule has 2 amide bonds. The predicted molar refractivity (Wildman–Crippen MR) is 134 cm³/mol. The molecule has 3 aromatic rings. The fraction of sp³-hybridized carbons (Fsp3) is 0.259. The highest BCUT2D eigenvalue weighted by Crippen LogP contribution is 2.21. The number of benzene rings is 3. The molecule has 0 bridgehead atoms. The molecule has 0 fully saturated rings. The maximum Gasteiger partial charge on any atom is 0.243 e. The number of carbonyl (C=O) groups is 2. The van der Waals surface area contributed by atoms with E-state index in [9.17, 15) is 9.59 Å². The molecule has 4 nitrogen and oxygen atoms in total. The number of hydrogen-bond donors (Lipinski definition) is 1. The van der Waals surface area contributed by atoms with Gasteiger partial charge in [0.15, 0.2) is 0 Å². The summed E-state index contributed by atoms with van der Waals surface area (Å²) in [5.41, 5.74) is 2.74. The maximum atomic E-state index is 13.5. The van der Waals surface area contributed by atoms with Gasteiger partial charge in [0, 0.05) is 36.0 Å². The molecule has 0 spiro atoms. The van der Waals surface area contributed by atoms with Crippen molar-refractivity contribution in [1.29, 1.82) is 0 Å². The number of nitrogens with one attached hydrogen (secondary N) is 1. The Morgan fingerprint density at radius 2 is 1.55 bits per heavy atom. The molecule has 1 N–H and O–H groups in total. The summed E-state index contributed by atoms with van der Waals surface area (Å²) < 4.78 is 0. The number of rotatable bonds is 10. The fourth-order valence-corrected chi connectivity index (χ4v) is 4.13. The molecule has 0 heterocycles. The van der Waals surface area contributed by atoms with Gasteiger partial charge < -0.3 is 10.2 Å². The van der Waals surface area contributed by atoms with Crippen LogP contribution in [0.3, 0.4) is 0 Å². The van der Waals surface area contributed by atoms with E-state index in [1.165, 1.54) is 0 Å². The Hall–Kier alpha value is -2.82. The van der Waals surface area contributed by atoms with Crippen LogP contribution >= 0.6 is 23.2 Å². The highest BCUT2D eigenvalue weighted by Gasteiger charge is 2.30. The largest absolute Gasteiger partial charge is 0.350 e. The second kappa shape index (κ2) is 12.4. The van der Waals surface area contributed by atoms with Crippen LogP contribution in [-0.2, 0) is 29.1 Å². The van der Waals surface area contributed by atoms with Gasteiger partial charge in [-0.25, -0.2) is 0 Å². The van der Waals surface area contributed by atoms with Crippen molar-refractivity contribution in [3.05, 3.63) is 106 Å². The molecule has 0 saturated heterocycles. The van der Waals surface area contributed by atoms with Crippen molar-refractivity contribution < 1.29 is 9.59 Å². The lowest BCUT2D eigenvalue weighted by Gasteiger charge is -2.31. The summed E-state index contributed by atoms with van der Waals surface area (Å²) in [6.07, 6.45) is 1.52. The first-order valence-electron chi connectivity index (χ1n) is 11.1. The van der Waals surface area contributed by atoms with Crippen LogP contribution < -0.4 is 5.32 Å². The van der Waals surface area contributed by atoms with E-state index < -0.39 is 6.04 Å². The van der Waals surface area contributed by atoms with Crippen LogP contribution in [0.2, 0.25) is 10.0 Å². The molecule has 0 aliphatic rings. The van der Waals surface area contributed by atoms with Gasteiger partial charge in [-0.05, 0) is 35.2 Å². The van der Waals surface area contributed by atoms with Gasteiger partial charge in [-0.1, -0.05) is 96.9 Å². The third-order valence-corrected chi connectivity index (χ3v) is 5.99. The van der Waals surface area contributed by atoms with Crippen molar-refractivity contribution >= 4 is 35.0 Å². The Kier molecular flexibility index (Phi) is 9.35. The van der Waals surface area contributed by atoms with Crippen LogP contribution in [0.15, 0.2) is 78.9 Å². The standard InChI is InChI=1S/C27H28Cl2N2O2/c1-2-9-26(32)31(19-21-12-7-4-8-13-21)25(16-20-10-5-3-6-11-20)27(33)30-18-22-14-15-23(28)17-24(22)29/h3-8,10-15,17,25H,2,9,16,18-19H2,1H3,(H,30,33)/t25-/m0/s1. The number of hydrogen-bond acceptors (Lipinski definition) is 2. The zero-order chi connectivity index (χ0) is 23.6. The predicted octanol–water partition coefficient (Wildman–Crippen LogP) is 6.05. The molecule has 0 saturated carbocycles. The van der Waals surface area contributed by atoms with Crippen molar-refractivity contribution in [2.75, 3.05) is 0 Å². The van der Waals surface area contributed by atoms with Gasteiger partial charge >= 0.3 is 0 Å². The van der Waals surface area contributed by atoms with Gasteiger partial charge in [0.25, 0.3) is 0 Å². The molecule has 3 aromatic carbocycles. The van der Waals surface area contributed by atoms with Crippen molar-refractivity contribution in [3.63, 3.8) is 0 Å². The molecule has 0 aliphatic heterocycles. The topological polar surface area (TPSA) is 49.4 Å². The molecule has 172 valence electrons. The van der Waals surface area contributed by atoms with E-state index in [0.717, 1.165) is 16.7 Å². The molecule has 0 aliphatic carbocycles. The second-order valence-corrected chi connectivity index (χ2v) is 8.76. The minimum absolute atomic E-state index is 0.0399. The lowest BCUT2D eigenvalue weighted by molar-refractivity contribution is -0.141. The first-order valence-corrected chi connectivity index (χ1v) is 11.8. The first kappa shape index (κ1) is 24.8. The van der Waals surface area contributed by atoms with E-state index in [0.29, 0.717) is 35.9 Å². The quantitative estimate of drug-likeness (QED) is 0.382. The number of carbonyl (C=O) groups excluding carboxylic acids is 2. The third-order valence-electron chi connectivity index (χ3n) is 5.40. The van der Waals surface area contributed by atoms with Gasteiger partial charge in [0.2, 0.25) is 11.8 Å². The Morgan fingerprint density at radius 3 is 2.15 bits per heavy atom. The Labute approximate surface area is 205 Å². The molecular formula is C27H28Cl2N2O2. The number of nitrogens with zero attached hydrogens (tertiary/aromatic N) is 1. The smallest absolute Gasteiger partial charge is 0.243 e. The number of amides is 2. The molecule has 1 atom stereocenters. The van der Waals surface area contributed by atoms with Crippen LogP contribution in [0.5, 0.6) is 0 Å². The molecule has 33 heavy (non-hydrogen) atoms. The molecule has 6 heteroatoms. The average molecular weight is 483 g/mol. The van der Waals surface area contributed by atoms with Crippen LogP contribution in [0.1, 0.15) is 36.5 Å². The van der Waals surface area contributed by atoms with E-state index >= 15 is 0 Å². The van der Waals surface area contributed by atoms with Crippen LogP contribution in [0.25, 0.3) is 0 Å². The Bertz CT molecular complexity index is 1060. The van der Waals surface area contributed by atoms with Crippen molar-refractivity contribution in [2.24, 2.45) is 0 Å². The summed E-state index contributed by atoms with van der Waals surface area (Å²) >= 11 is 12.3. The molecule has 0 aromatic heterocycles. The van der Waals surface area contributed by atoms with Crippen LogP contribution in [0, 0.1) is 0 Å². The highest BCUT2D eigenvalue weighted by atomic mass is 35.5. The normalized spacial score (nSPS) is 11.6. The van der Waals surface area contributed by atoms with Gasteiger partial charge in [-0.15, -0.1) is 0 Å². The average Bonchev–Trinajstić information content (AvgIpc) is 2.82. The van der Waals surface area contributed by atoms with Gasteiger partial charge in [0.1, 0.15) is 6.04 Å². The van der Waals surface area contributed by atoms with Crippen molar-refractivity contribution in [1.82, 2.24) is 10.2 Å². The summed E-state index contributed by atoms with van der Waals surface area (Å²) in [5.74, 6) is -0.257. The van der Waals surface area contributed by atoms with Crippen molar-refractivity contribution in [2.45, 2.75) is 45.3 Å². The zero-order valence-corrected chi connectivity index (χ0v) is 20.1. The minimum Gasteiger partial charge on any atom is -0.350 e. The summed E-state index contributed by atoms with van der Waals surface area (Å²) in [5, 5.41) is 4.01. The van der Waals surface area contributed by atoms with Gasteiger partial charge in [-0.2, -0.15) is 0 Å². The highest BCUT2D eigenvalue weighted by molar-refractivity contribution is 6.35. The third kappa shape index (κ3) is 7.34. The lowest BCUT2D eigenvalue weighted by Crippen LogP contribution is -2.50. The van der Waals surface area contributed by atoms with E-state index in [2.05, 4.69) is 5.32 Å². The summed E-state index contributed by atoms with van der Waals surface area (Å²) in [4.78, 5) is 28.3. The monoisotopic (exact) mass is 482 g/mol. The molecular weight excluding hydrogens is 455 g/mol. The molecule has 0 radical (unpaired) electrons. The Balaban J connectivity index is 1.87. The lowest BCUT2D eigenvalue weighted by atomic mass is 10.0. The van der Waals surface area contributed by atoms with Crippen LogP contribution in [0.4, 0.5) is 0 Å². The van der Waals surface area contributed by atoms with Gasteiger partial charge in [-0.3, -0.25) is 9.59 Å². The van der Waals surface area contributed by atoms with E-state index in [1.54, 1.807) is 23.1 Å². The van der Waals surface area contributed by atoms with Gasteiger partial charge in [0.05, 0.1) is 0 Å². The number of halogens is 2. The van der Waals surface area contributed by atoms with E-state index in [1.807, 2.05) is 67.6 Å². The minimum atomic E-state index is -0.655. The molecule has 3 rings (SSSR count). The summed E-state index contributed by atoms with van der Waals surface area (Å²) in [6.45, 7) is 2.58. The van der Waals surface area contributed by atoms with E-state index in [-0.39, 0.29) is 18.4 Å². The fourth-order valence-electron chi connectivity index (χ4n) is 3.66. The second-order valence-electron chi connectivity index (χ2n) is 7.92. The van der Waals surface area contributed by atoms with E-state index in [4.69, 9.17) is 23.2 Å². The Morgan fingerprint density at radius 1 is 0.909 bits per heavy atom. The van der Waals surface area contributed by atoms with Crippen molar-refractivity contribution in [3.8, 4) is 0 Å². The first-order chi connectivity index (χ1) is 16.0. The molecule has 0 unspecified atom stereocenters. The maximum absolute atomic E-state index is 13.5. The summed E-state index contributed by atoms with van der Waals surface area (Å²) in [7, 11) is 0.